The van der Waals surface area contributed by atoms with Gasteiger partial charge in [0.25, 0.3) is 0 Å². The molecule has 0 amide bonds. The van der Waals surface area contributed by atoms with Crippen molar-refractivity contribution in [3.63, 3.8) is 0 Å². The van der Waals surface area contributed by atoms with Crippen molar-refractivity contribution in [1.29, 1.82) is 0 Å². The number of nitrogens with zero attached hydrogens (tertiary/aromatic N) is 3. The van der Waals surface area contributed by atoms with E-state index in [2.05, 4.69) is 40.8 Å². The summed E-state index contributed by atoms with van der Waals surface area (Å²) in [5.74, 6) is 0. The molecule has 0 bridgehead atoms. The summed E-state index contributed by atoms with van der Waals surface area (Å²) in [5, 5.41) is 4.67. The molecule has 1 aliphatic heterocycles. The van der Waals surface area contributed by atoms with Gasteiger partial charge in [-0.15, -0.1) is 0 Å². The number of nitrogens with two attached hydrogens (primary N) is 1. The fourth-order valence-electron chi connectivity index (χ4n) is 2.56. The molecule has 2 heterocycles. The fraction of sp³-hybridized carbons (Fsp3) is 0.769. The summed E-state index contributed by atoms with van der Waals surface area (Å²) in [6, 6.07) is 3.04. The monoisotopic (exact) mass is 236 g/mol. The van der Waals surface area contributed by atoms with E-state index in [9.17, 15) is 0 Å². The molecule has 1 saturated heterocycles. The molecule has 0 spiro atoms. The van der Waals surface area contributed by atoms with Gasteiger partial charge in [0.1, 0.15) is 0 Å². The number of rotatable bonds is 5. The minimum Gasteiger partial charge on any atom is -0.326 e. The van der Waals surface area contributed by atoms with E-state index in [1.165, 1.54) is 5.69 Å². The van der Waals surface area contributed by atoms with E-state index in [1.54, 1.807) is 0 Å². The molecule has 2 N–H and O–H groups in total. The first-order valence-corrected chi connectivity index (χ1v) is 6.74. The highest BCUT2D eigenvalue weighted by Gasteiger charge is 2.19. The maximum atomic E-state index is 5.91. The molecule has 0 saturated carbocycles. The van der Waals surface area contributed by atoms with Gasteiger partial charge in [-0.05, 0) is 25.3 Å². The zero-order valence-corrected chi connectivity index (χ0v) is 11.0. The summed E-state index contributed by atoms with van der Waals surface area (Å²) in [6.07, 6.45) is 5.52. The van der Waals surface area contributed by atoms with Crippen LogP contribution in [0.2, 0.25) is 0 Å². The second kappa shape index (κ2) is 5.65. The number of hydrogen-bond acceptors (Lipinski definition) is 3. The maximum absolute atomic E-state index is 5.91. The van der Waals surface area contributed by atoms with Crippen molar-refractivity contribution in [3.8, 4) is 0 Å². The molecule has 4 nitrogen and oxygen atoms in total. The van der Waals surface area contributed by atoms with Gasteiger partial charge in [-0.3, -0.25) is 9.58 Å². The van der Waals surface area contributed by atoms with Crippen LogP contribution in [0.15, 0.2) is 12.3 Å². The standard InChI is InChI=1S/C13H24N4/c1-3-13(4-2)17-8-6-12(15-17)10-16-7-5-11(14)9-16/h6,8,11,13H,3-5,7,9-10,14H2,1-2H3/t11-/m0/s1. The van der Waals surface area contributed by atoms with Crippen LogP contribution in [0.1, 0.15) is 44.8 Å². The highest BCUT2D eigenvalue weighted by Crippen LogP contribution is 2.16. The lowest BCUT2D eigenvalue weighted by Gasteiger charge is -2.14. The van der Waals surface area contributed by atoms with E-state index in [0.29, 0.717) is 12.1 Å². The quantitative estimate of drug-likeness (QED) is 0.847. The van der Waals surface area contributed by atoms with Gasteiger partial charge < -0.3 is 5.73 Å². The van der Waals surface area contributed by atoms with Crippen molar-refractivity contribution in [3.05, 3.63) is 18.0 Å². The Kier molecular flexibility index (Phi) is 4.18. The van der Waals surface area contributed by atoms with Crippen LogP contribution in [-0.4, -0.2) is 33.8 Å². The number of hydrogen-bond donors (Lipinski definition) is 1. The molecule has 4 heteroatoms. The van der Waals surface area contributed by atoms with E-state index in [0.717, 1.165) is 38.9 Å². The third kappa shape index (κ3) is 3.07. The van der Waals surface area contributed by atoms with Crippen LogP contribution in [0, 0.1) is 0 Å². The molecule has 2 rings (SSSR count). The molecule has 17 heavy (non-hydrogen) atoms. The molecule has 1 aliphatic rings. The molecular weight excluding hydrogens is 212 g/mol. The lowest BCUT2D eigenvalue weighted by atomic mass is 10.2. The van der Waals surface area contributed by atoms with Crippen LogP contribution in [0.5, 0.6) is 0 Å². The van der Waals surface area contributed by atoms with E-state index < -0.39 is 0 Å². The zero-order chi connectivity index (χ0) is 12.3. The second-order valence-corrected chi connectivity index (χ2v) is 5.04. The summed E-state index contributed by atoms with van der Waals surface area (Å²) in [6.45, 7) is 7.50. The zero-order valence-electron chi connectivity index (χ0n) is 11.0. The van der Waals surface area contributed by atoms with Crippen LogP contribution in [0.4, 0.5) is 0 Å². The minimum absolute atomic E-state index is 0.358. The van der Waals surface area contributed by atoms with Gasteiger partial charge in [-0.1, -0.05) is 13.8 Å². The van der Waals surface area contributed by atoms with Gasteiger partial charge in [0.2, 0.25) is 0 Å². The summed E-state index contributed by atoms with van der Waals surface area (Å²) < 4.78 is 2.12. The van der Waals surface area contributed by atoms with E-state index >= 15 is 0 Å². The molecule has 96 valence electrons. The molecule has 0 aliphatic carbocycles. The van der Waals surface area contributed by atoms with Gasteiger partial charge in [-0.2, -0.15) is 5.10 Å². The average molecular weight is 236 g/mol. The van der Waals surface area contributed by atoms with Gasteiger partial charge >= 0.3 is 0 Å². The second-order valence-electron chi connectivity index (χ2n) is 5.04. The van der Waals surface area contributed by atoms with Gasteiger partial charge in [0.05, 0.1) is 11.7 Å². The van der Waals surface area contributed by atoms with Crippen LogP contribution >= 0.6 is 0 Å². The molecule has 1 atom stereocenters. The first-order chi connectivity index (χ1) is 8.22. The predicted molar refractivity (Wildman–Crippen MR) is 69.7 cm³/mol. The maximum Gasteiger partial charge on any atom is 0.0764 e. The third-order valence-electron chi connectivity index (χ3n) is 3.67. The molecule has 1 aromatic rings. The number of likely N-dealkylation sites (tertiary alicyclic amines) is 1. The Hall–Kier alpha value is -0.870. The molecular formula is C13H24N4. The molecule has 1 aromatic heterocycles. The van der Waals surface area contributed by atoms with Crippen LogP contribution in [0.3, 0.4) is 0 Å². The predicted octanol–water partition coefficient (Wildman–Crippen LogP) is 1.78. The van der Waals surface area contributed by atoms with Crippen molar-refractivity contribution in [1.82, 2.24) is 14.7 Å². The smallest absolute Gasteiger partial charge is 0.0764 e. The molecule has 0 radical (unpaired) electrons. The fourth-order valence-corrected chi connectivity index (χ4v) is 2.56. The molecule has 0 aromatic carbocycles. The number of aromatic nitrogens is 2. The molecule has 0 unspecified atom stereocenters. The Morgan fingerprint density at radius 3 is 2.82 bits per heavy atom. The van der Waals surface area contributed by atoms with Gasteiger partial charge in [0, 0.05) is 31.9 Å². The van der Waals surface area contributed by atoms with Crippen molar-refractivity contribution in [2.24, 2.45) is 5.73 Å². The SMILES string of the molecule is CCC(CC)n1ccc(CN2CC[C@H](N)C2)n1. The summed E-state index contributed by atoms with van der Waals surface area (Å²) in [4.78, 5) is 2.39. The van der Waals surface area contributed by atoms with Gasteiger partial charge in [-0.25, -0.2) is 0 Å². The van der Waals surface area contributed by atoms with Crippen molar-refractivity contribution in [2.45, 2.75) is 51.7 Å². The van der Waals surface area contributed by atoms with E-state index in [1.807, 2.05) is 0 Å². The Labute approximate surface area is 104 Å². The van der Waals surface area contributed by atoms with Crippen LogP contribution < -0.4 is 5.73 Å². The summed E-state index contributed by atoms with van der Waals surface area (Å²) >= 11 is 0. The van der Waals surface area contributed by atoms with E-state index in [4.69, 9.17) is 5.73 Å². The third-order valence-corrected chi connectivity index (χ3v) is 3.67. The topological polar surface area (TPSA) is 47.1 Å². The van der Waals surface area contributed by atoms with Crippen molar-refractivity contribution >= 4 is 0 Å². The Bertz CT molecular complexity index is 343. The minimum atomic E-state index is 0.358. The van der Waals surface area contributed by atoms with Crippen molar-refractivity contribution < 1.29 is 0 Å². The highest BCUT2D eigenvalue weighted by atomic mass is 15.3. The van der Waals surface area contributed by atoms with Crippen LogP contribution in [0.25, 0.3) is 0 Å². The summed E-state index contributed by atoms with van der Waals surface area (Å²) in [5.41, 5.74) is 7.08. The van der Waals surface area contributed by atoms with Gasteiger partial charge in [0.15, 0.2) is 0 Å². The highest BCUT2D eigenvalue weighted by molar-refractivity contribution is 5.00. The summed E-state index contributed by atoms with van der Waals surface area (Å²) in [7, 11) is 0. The first-order valence-electron chi connectivity index (χ1n) is 6.74. The Morgan fingerprint density at radius 2 is 2.24 bits per heavy atom. The largest absolute Gasteiger partial charge is 0.326 e. The lowest BCUT2D eigenvalue weighted by molar-refractivity contribution is 0.318. The lowest BCUT2D eigenvalue weighted by Crippen LogP contribution is -2.26. The van der Waals surface area contributed by atoms with Crippen LogP contribution in [-0.2, 0) is 6.54 Å². The molecule has 1 fully saturated rings. The Balaban J connectivity index is 1.94. The van der Waals surface area contributed by atoms with Crippen molar-refractivity contribution in [2.75, 3.05) is 13.1 Å². The normalized spacial score (nSPS) is 21.5. The van der Waals surface area contributed by atoms with E-state index in [-0.39, 0.29) is 0 Å². The average Bonchev–Trinajstić information content (AvgIpc) is 2.91. The first kappa shape index (κ1) is 12.6. The Morgan fingerprint density at radius 1 is 1.47 bits per heavy atom.